The zero-order valence-corrected chi connectivity index (χ0v) is 15.6. The number of nitrogens with zero attached hydrogens (tertiary/aromatic N) is 2. The lowest BCUT2D eigenvalue weighted by atomic mass is 10.2. The number of nitrogens with one attached hydrogen (secondary N) is 1. The summed E-state index contributed by atoms with van der Waals surface area (Å²) in [5.41, 5.74) is 5.73. The van der Waals surface area contributed by atoms with Crippen LogP contribution in [-0.2, 0) is 4.74 Å². The van der Waals surface area contributed by atoms with E-state index in [4.69, 9.17) is 22.1 Å². The number of thiocarbonyl (C=S) groups is 2. The van der Waals surface area contributed by atoms with E-state index >= 15 is 0 Å². The zero-order valence-electron chi connectivity index (χ0n) is 14.0. The maximum Gasteiger partial charge on any atom is 0.256 e. The molecule has 2 rings (SSSR count). The van der Waals surface area contributed by atoms with E-state index in [2.05, 4.69) is 63.4 Å². The molecule has 1 heterocycles. The lowest BCUT2D eigenvalue weighted by molar-refractivity contribution is 0.254. The van der Waals surface area contributed by atoms with Crippen LogP contribution in [0.3, 0.4) is 0 Å². The molecular formula is C16H26N4O2S2. The lowest BCUT2D eigenvalue weighted by Gasteiger charge is -2.36. The van der Waals surface area contributed by atoms with Gasteiger partial charge in [-0.15, -0.1) is 0 Å². The maximum atomic E-state index is 7.56. The topological polar surface area (TPSA) is 74.0 Å². The van der Waals surface area contributed by atoms with Crippen LogP contribution in [-0.4, -0.2) is 66.7 Å². The largest absolute Gasteiger partial charge is 0.487 e. The normalized spacial score (nSPS) is 14.3. The Kier molecular flexibility index (Phi) is 10.1. The average Bonchev–Trinajstić information content (AvgIpc) is 2.59. The minimum absolute atomic E-state index is 0.485. The van der Waals surface area contributed by atoms with E-state index in [9.17, 15) is 0 Å². The van der Waals surface area contributed by atoms with Crippen molar-refractivity contribution in [3.8, 4) is 0 Å². The van der Waals surface area contributed by atoms with Crippen molar-refractivity contribution in [1.29, 1.82) is 0 Å². The highest BCUT2D eigenvalue weighted by atomic mass is 32.1. The highest BCUT2D eigenvalue weighted by Crippen LogP contribution is 2.15. The summed E-state index contributed by atoms with van der Waals surface area (Å²) in [6.45, 7) is 6.46. The first-order valence-corrected chi connectivity index (χ1v) is 8.67. The van der Waals surface area contributed by atoms with E-state index in [0.29, 0.717) is 5.17 Å². The minimum atomic E-state index is -0.500. The van der Waals surface area contributed by atoms with Gasteiger partial charge in [0, 0.05) is 38.4 Å². The van der Waals surface area contributed by atoms with Crippen molar-refractivity contribution in [3.05, 3.63) is 30.3 Å². The van der Waals surface area contributed by atoms with Gasteiger partial charge in [0.15, 0.2) is 0 Å². The van der Waals surface area contributed by atoms with E-state index in [1.165, 1.54) is 5.69 Å². The molecule has 0 spiro atoms. The number of hydrogen-bond acceptors (Lipinski definition) is 5. The monoisotopic (exact) mass is 370 g/mol. The van der Waals surface area contributed by atoms with Gasteiger partial charge in [-0.2, -0.15) is 0 Å². The number of nitrogens with two attached hydrogens (primary N) is 1. The molecule has 1 aliphatic heterocycles. The third kappa shape index (κ3) is 8.85. The number of benzene rings is 1. The van der Waals surface area contributed by atoms with Gasteiger partial charge < -0.3 is 25.8 Å². The number of hydrogen-bond donors (Lipinski definition) is 3. The van der Waals surface area contributed by atoms with Crippen LogP contribution in [0.25, 0.3) is 0 Å². The average molecular weight is 371 g/mol. The van der Waals surface area contributed by atoms with Crippen LogP contribution in [0.4, 0.5) is 5.69 Å². The molecule has 0 atom stereocenters. The number of ether oxygens (including phenoxy) is 1. The van der Waals surface area contributed by atoms with Crippen molar-refractivity contribution < 1.29 is 9.84 Å². The van der Waals surface area contributed by atoms with Crippen molar-refractivity contribution in [1.82, 2.24) is 10.2 Å². The van der Waals surface area contributed by atoms with Crippen LogP contribution in [0.5, 0.6) is 0 Å². The number of aliphatic hydroxyl groups excluding tert-OH is 1. The molecule has 1 aliphatic rings. The molecule has 0 saturated carbocycles. The van der Waals surface area contributed by atoms with Crippen molar-refractivity contribution in [2.75, 3.05) is 51.3 Å². The third-order valence-corrected chi connectivity index (χ3v) is 3.91. The van der Waals surface area contributed by atoms with Crippen LogP contribution in [0.1, 0.15) is 6.42 Å². The highest BCUT2D eigenvalue weighted by Gasteiger charge is 2.16. The number of piperazine rings is 1. The second-order valence-electron chi connectivity index (χ2n) is 5.27. The van der Waals surface area contributed by atoms with Gasteiger partial charge in [0.25, 0.3) is 10.3 Å². The molecule has 0 amide bonds. The summed E-state index contributed by atoms with van der Waals surface area (Å²) in [6, 6.07) is 10.6. The molecule has 6 nitrogen and oxygen atoms in total. The number of methoxy groups -OCH3 is 1. The summed E-state index contributed by atoms with van der Waals surface area (Å²) in [7, 11) is 1.60. The lowest BCUT2D eigenvalue weighted by Crippen LogP contribution is -2.47. The summed E-state index contributed by atoms with van der Waals surface area (Å²) in [4.78, 5) is 4.96. The predicted molar refractivity (Wildman–Crippen MR) is 107 cm³/mol. The van der Waals surface area contributed by atoms with Crippen molar-refractivity contribution >= 4 is 40.5 Å². The molecule has 1 fully saturated rings. The zero-order chi connectivity index (χ0) is 17.8. The minimum Gasteiger partial charge on any atom is -0.487 e. The van der Waals surface area contributed by atoms with Crippen LogP contribution in [0.2, 0.25) is 0 Å². The molecule has 134 valence electrons. The van der Waals surface area contributed by atoms with Gasteiger partial charge in [-0.25, -0.2) is 0 Å². The molecular weight excluding hydrogens is 344 g/mol. The number of rotatable bonds is 5. The molecule has 24 heavy (non-hydrogen) atoms. The third-order valence-electron chi connectivity index (χ3n) is 3.60. The Morgan fingerprint density at radius 3 is 2.33 bits per heavy atom. The predicted octanol–water partition coefficient (Wildman–Crippen LogP) is 1.51. The van der Waals surface area contributed by atoms with E-state index in [0.717, 1.165) is 45.7 Å². The SMILES string of the molecule is COC(=S)NCCCN1CCN(c2ccccc2)CC1.NC(O)=S. The second-order valence-corrected chi connectivity index (χ2v) is 6.06. The standard InChI is InChI=1S/C15H23N3OS.CH3NOS/c1-19-15(20)16-8-5-9-17-10-12-18(13-11-17)14-6-3-2-4-7-14;2-1(3)4/h2-4,6-7H,5,8-13H2,1H3,(H,16,20);(H3,2,3,4). The van der Waals surface area contributed by atoms with E-state index in [-0.39, 0.29) is 0 Å². The van der Waals surface area contributed by atoms with Gasteiger partial charge in [0.1, 0.15) is 0 Å². The first-order valence-electron chi connectivity index (χ1n) is 7.85. The fourth-order valence-electron chi connectivity index (χ4n) is 2.43. The van der Waals surface area contributed by atoms with Gasteiger partial charge in [-0.1, -0.05) is 18.2 Å². The Bertz CT molecular complexity index is 490. The van der Waals surface area contributed by atoms with Gasteiger partial charge >= 0.3 is 0 Å². The molecule has 1 aromatic carbocycles. The maximum absolute atomic E-state index is 7.56. The van der Waals surface area contributed by atoms with Crippen LogP contribution in [0, 0.1) is 0 Å². The van der Waals surface area contributed by atoms with Gasteiger partial charge in [-0.05, 0) is 49.5 Å². The summed E-state index contributed by atoms with van der Waals surface area (Å²) in [5.74, 6) is 0. The van der Waals surface area contributed by atoms with Crippen LogP contribution >= 0.6 is 24.4 Å². The summed E-state index contributed by atoms with van der Waals surface area (Å²) in [6.07, 6.45) is 1.09. The van der Waals surface area contributed by atoms with Crippen LogP contribution in [0.15, 0.2) is 30.3 Å². The molecule has 0 aromatic heterocycles. The van der Waals surface area contributed by atoms with Gasteiger partial charge in [0.05, 0.1) is 7.11 Å². The van der Waals surface area contributed by atoms with Gasteiger partial charge in [0.2, 0.25) is 0 Å². The van der Waals surface area contributed by atoms with Crippen LogP contribution < -0.4 is 16.0 Å². The molecule has 1 aromatic rings. The summed E-state index contributed by atoms with van der Waals surface area (Å²) >= 11 is 8.81. The Morgan fingerprint density at radius 2 is 1.79 bits per heavy atom. The fraction of sp³-hybridized carbons (Fsp3) is 0.500. The number of aliphatic hydroxyl groups is 1. The smallest absolute Gasteiger partial charge is 0.256 e. The summed E-state index contributed by atoms with van der Waals surface area (Å²) in [5, 5.41) is 10.6. The first-order chi connectivity index (χ1) is 11.5. The summed E-state index contributed by atoms with van der Waals surface area (Å²) < 4.78 is 4.91. The van der Waals surface area contributed by atoms with E-state index in [1.807, 2.05) is 0 Å². The molecule has 1 saturated heterocycles. The van der Waals surface area contributed by atoms with Crippen molar-refractivity contribution in [3.63, 3.8) is 0 Å². The first kappa shape index (κ1) is 20.4. The van der Waals surface area contributed by atoms with Crippen molar-refractivity contribution in [2.45, 2.75) is 6.42 Å². The van der Waals surface area contributed by atoms with E-state index in [1.54, 1.807) is 7.11 Å². The Labute approximate surface area is 154 Å². The molecule has 0 aliphatic carbocycles. The molecule has 8 heteroatoms. The molecule has 0 bridgehead atoms. The Balaban J connectivity index is 0.000000648. The molecule has 4 N–H and O–H groups in total. The number of para-hydroxylation sites is 1. The van der Waals surface area contributed by atoms with Crippen molar-refractivity contribution in [2.24, 2.45) is 5.73 Å². The number of anilines is 1. The highest BCUT2D eigenvalue weighted by molar-refractivity contribution is 7.80. The Hall–Kier alpha value is -1.64. The second kappa shape index (κ2) is 11.8. The molecule has 0 unspecified atom stereocenters. The Morgan fingerprint density at radius 1 is 1.21 bits per heavy atom. The van der Waals surface area contributed by atoms with E-state index < -0.39 is 5.17 Å². The van der Waals surface area contributed by atoms with Gasteiger partial charge in [-0.3, -0.25) is 4.90 Å². The fourth-order valence-corrected chi connectivity index (χ4v) is 2.54. The molecule has 0 radical (unpaired) electrons. The quantitative estimate of drug-likeness (QED) is 0.532.